The molecule has 0 fully saturated rings. The van der Waals surface area contributed by atoms with Gasteiger partial charge in [-0.05, 0) is 33.1 Å². The molecule has 0 bridgehead atoms. The second kappa shape index (κ2) is 8.04. The minimum absolute atomic E-state index is 0.174. The summed E-state index contributed by atoms with van der Waals surface area (Å²) >= 11 is 0. The average molecular weight is 232 g/mol. The lowest BCUT2D eigenvalue weighted by atomic mass is 9.99. The summed E-state index contributed by atoms with van der Waals surface area (Å²) in [5.74, 6) is 0.174. The Bertz CT molecular complexity index is 169. The van der Waals surface area contributed by atoms with Gasteiger partial charge in [-0.15, -0.1) is 0 Å². The van der Waals surface area contributed by atoms with Gasteiger partial charge in [-0.3, -0.25) is 0 Å². The minimum atomic E-state index is -0.803. The van der Waals surface area contributed by atoms with Crippen LogP contribution >= 0.6 is 0 Å². The van der Waals surface area contributed by atoms with E-state index in [1.165, 1.54) is 0 Å². The Morgan fingerprint density at radius 2 is 1.81 bits per heavy atom. The number of hydrogen-bond donors (Lipinski definition) is 1. The van der Waals surface area contributed by atoms with E-state index in [1.807, 2.05) is 20.8 Å². The fraction of sp³-hybridized carbons (Fsp3) is 1.00. The minimum Gasteiger partial charge on any atom is -0.365 e. The van der Waals surface area contributed by atoms with Crippen molar-refractivity contribution in [2.75, 3.05) is 0 Å². The van der Waals surface area contributed by atoms with E-state index < -0.39 is 6.29 Å². The van der Waals surface area contributed by atoms with Gasteiger partial charge >= 0.3 is 0 Å². The van der Waals surface area contributed by atoms with Gasteiger partial charge in [0.1, 0.15) is 0 Å². The Morgan fingerprint density at radius 3 is 2.25 bits per heavy atom. The molecule has 0 aromatic heterocycles. The van der Waals surface area contributed by atoms with Crippen molar-refractivity contribution in [3.8, 4) is 0 Å². The van der Waals surface area contributed by atoms with Crippen LogP contribution in [-0.4, -0.2) is 17.0 Å². The van der Waals surface area contributed by atoms with Crippen LogP contribution in [0.1, 0.15) is 66.7 Å². The van der Waals surface area contributed by atoms with E-state index in [0.29, 0.717) is 0 Å². The first-order valence-electron chi connectivity index (χ1n) is 6.49. The summed E-state index contributed by atoms with van der Waals surface area (Å²) in [5, 5.41) is 9.85. The summed E-state index contributed by atoms with van der Waals surface area (Å²) in [4.78, 5) is 10.4. The number of aliphatic hydroxyl groups is 1. The van der Waals surface area contributed by atoms with Gasteiger partial charge in [0.25, 0.3) is 0 Å². The summed E-state index contributed by atoms with van der Waals surface area (Å²) in [7, 11) is 0. The lowest BCUT2D eigenvalue weighted by Crippen LogP contribution is -2.30. The molecule has 0 aromatic rings. The van der Waals surface area contributed by atoms with Crippen LogP contribution in [0.2, 0.25) is 0 Å². The fourth-order valence-corrected chi connectivity index (χ4v) is 1.33. The second-order valence-electron chi connectivity index (χ2n) is 4.99. The van der Waals surface area contributed by atoms with Gasteiger partial charge in [-0.2, -0.15) is 0 Å². The molecule has 3 nitrogen and oxygen atoms in total. The maximum Gasteiger partial charge on any atom is 0.191 e. The molecular weight excluding hydrogens is 204 g/mol. The standard InChI is InChI=1S/C13H28O3/c1-6-9-10-11(7-2)12(14)15-16-13(4,5)8-3/h11-12,14H,6-10H2,1-5H3. The molecule has 3 heteroatoms. The van der Waals surface area contributed by atoms with E-state index in [-0.39, 0.29) is 11.5 Å². The van der Waals surface area contributed by atoms with Crippen molar-refractivity contribution in [2.45, 2.75) is 78.6 Å². The maximum atomic E-state index is 9.85. The summed E-state index contributed by atoms with van der Waals surface area (Å²) in [6.45, 7) is 10.2. The smallest absolute Gasteiger partial charge is 0.191 e. The first-order chi connectivity index (χ1) is 7.46. The molecule has 0 saturated heterocycles. The molecular formula is C13H28O3. The van der Waals surface area contributed by atoms with E-state index in [1.54, 1.807) is 0 Å². The van der Waals surface area contributed by atoms with Gasteiger partial charge < -0.3 is 5.11 Å². The van der Waals surface area contributed by atoms with E-state index in [2.05, 4.69) is 13.8 Å². The highest BCUT2D eigenvalue weighted by Crippen LogP contribution is 2.21. The van der Waals surface area contributed by atoms with Gasteiger partial charge in [0.05, 0.1) is 5.60 Å². The van der Waals surface area contributed by atoms with Crippen molar-refractivity contribution in [1.29, 1.82) is 0 Å². The molecule has 0 aliphatic heterocycles. The summed E-state index contributed by atoms with van der Waals surface area (Å²) in [6, 6.07) is 0. The van der Waals surface area contributed by atoms with Crippen molar-refractivity contribution >= 4 is 0 Å². The van der Waals surface area contributed by atoms with Crippen LogP contribution in [0.15, 0.2) is 0 Å². The SMILES string of the molecule is CCCCC(CC)C(O)OOC(C)(C)CC. The first-order valence-corrected chi connectivity index (χ1v) is 6.49. The number of aliphatic hydroxyl groups excluding tert-OH is 1. The molecule has 2 unspecified atom stereocenters. The monoisotopic (exact) mass is 232 g/mol. The van der Waals surface area contributed by atoms with Gasteiger partial charge in [0.15, 0.2) is 6.29 Å². The predicted octanol–water partition coefficient (Wildman–Crippen LogP) is 3.66. The van der Waals surface area contributed by atoms with E-state index >= 15 is 0 Å². The fourth-order valence-electron chi connectivity index (χ4n) is 1.33. The van der Waals surface area contributed by atoms with Crippen LogP contribution in [0.5, 0.6) is 0 Å². The Morgan fingerprint density at radius 1 is 1.19 bits per heavy atom. The molecule has 98 valence electrons. The molecule has 0 aromatic carbocycles. The van der Waals surface area contributed by atoms with Crippen molar-refractivity contribution < 1.29 is 14.9 Å². The van der Waals surface area contributed by atoms with Crippen molar-refractivity contribution in [2.24, 2.45) is 5.92 Å². The number of rotatable bonds is 9. The molecule has 0 spiro atoms. The van der Waals surface area contributed by atoms with Gasteiger partial charge in [0.2, 0.25) is 0 Å². The number of hydrogen-bond acceptors (Lipinski definition) is 3. The highest BCUT2D eigenvalue weighted by Gasteiger charge is 2.23. The third-order valence-electron chi connectivity index (χ3n) is 3.08. The highest BCUT2D eigenvalue weighted by molar-refractivity contribution is 4.63. The summed E-state index contributed by atoms with van der Waals surface area (Å²) < 4.78 is 0. The van der Waals surface area contributed by atoms with Crippen LogP contribution in [-0.2, 0) is 9.78 Å². The summed E-state index contributed by atoms with van der Waals surface area (Å²) in [5.41, 5.74) is -0.329. The third-order valence-corrected chi connectivity index (χ3v) is 3.08. The van der Waals surface area contributed by atoms with Gasteiger partial charge in [0, 0.05) is 5.92 Å². The molecule has 0 heterocycles. The highest BCUT2D eigenvalue weighted by atomic mass is 17.2. The maximum absolute atomic E-state index is 9.85. The van der Waals surface area contributed by atoms with Crippen LogP contribution in [0.3, 0.4) is 0 Å². The first kappa shape index (κ1) is 15.9. The zero-order valence-electron chi connectivity index (χ0n) is 11.5. The Balaban J connectivity index is 3.96. The Hall–Kier alpha value is -0.120. The Kier molecular flexibility index (Phi) is 7.98. The third kappa shape index (κ3) is 6.46. The molecule has 1 N–H and O–H groups in total. The van der Waals surface area contributed by atoms with E-state index in [9.17, 15) is 5.11 Å². The van der Waals surface area contributed by atoms with Crippen molar-refractivity contribution in [3.63, 3.8) is 0 Å². The molecule has 0 aliphatic rings. The van der Waals surface area contributed by atoms with Crippen LogP contribution < -0.4 is 0 Å². The van der Waals surface area contributed by atoms with E-state index in [4.69, 9.17) is 9.78 Å². The molecule has 0 aliphatic carbocycles. The van der Waals surface area contributed by atoms with Gasteiger partial charge in [-0.25, -0.2) is 9.78 Å². The second-order valence-corrected chi connectivity index (χ2v) is 4.99. The average Bonchev–Trinajstić information content (AvgIpc) is 2.27. The predicted molar refractivity (Wildman–Crippen MR) is 65.9 cm³/mol. The lowest BCUT2D eigenvalue weighted by Gasteiger charge is -2.26. The molecule has 16 heavy (non-hydrogen) atoms. The van der Waals surface area contributed by atoms with Crippen LogP contribution in [0.25, 0.3) is 0 Å². The van der Waals surface area contributed by atoms with E-state index in [0.717, 1.165) is 32.1 Å². The largest absolute Gasteiger partial charge is 0.365 e. The molecule has 0 radical (unpaired) electrons. The van der Waals surface area contributed by atoms with Crippen LogP contribution in [0.4, 0.5) is 0 Å². The molecule has 0 saturated carbocycles. The number of unbranched alkanes of at least 4 members (excludes halogenated alkanes) is 1. The zero-order chi connectivity index (χ0) is 12.6. The summed E-state index contributed by atoms with van der Waals surface area (Å²) in [6.07, 6.45) is 4.22. The zero-order valence-corrected chi connectivity index (χ0v) is 11.5. The molecule has 0 amide bonds. The van der Waals surface area contributed by atoms with Crippen LogP contribution in [0, 0.1) is 5.92 Å². The molecule has 0 rings (SSSR count). The normalized spacial score (nSPS) is 16.1. The van der Waals surface area contributed by atoms with Crippen molar-refractivity contribution in [1.82, 2.24) is 0 Å². The lowest BCUT2D eigenvalue weighted by molar-refractivity contribution is -0.422. The topological polar surface area (TPSA) is 38.7 Å². The Labute approximate surface area is 100 Å². The van der Waals surface area contributed by atoms with Gasteiger partial charge in [-0.1, -0.05) is 33.6 Å². The van der Waals surface area contributed by atoms with Crippen molar-refractivity contribution in [3.05, 3.63) is 0 Å². The quantitative estimate of drug-likeness (QED) is 0.374. The molecule has 2 atom stereocenters.